The molecule has 2 aliphatic heterocycles. The van der Waals surface area contributed by atoms with Crippen LogP contribution in [0.4, 0.5) is 0 Å². The van der Waals surface area contributed by atoms with Crippen molar-refractivity contribution in [2.45, 2.75) is 26.3 Å². The van der Waals surface area contributed by atoms with Crippen molar-refractivity contribution in [3.63, 3.8) is 0 Å². The molecule has 0 aliphatic carbocycles. The van der Waals surface area contributed by atoms with Crippen molar-refractivity contribution in [1.82, 2.24) is 30.1 Å². The number of carbonyl (C=O) groups is 1. The first kappa shape index (κ1) is 26.1. The zero-order chi connectivity index (χ0) is 26.6. The summed E-state index contributed by atoms with van der Waals surface area (Å²) >= 11 is 0. The maximum Gasteiger partial charge on any atom is 0.303 e. The number of phenols is 2. The number of hydrogen-bond donors (Lipinski definition) is 3. The van der Waals surface area contributed by atoms with E-state index in [4.69, 9.17) is 9.47 Å². The highest BCUT2D eigenvalue weighted by Crippen LogP contribution is 2.38. The van der Waals surface area contributed by atoms with Gasteiger partial charge in [-0.3, -0.25) is 19.7 Å². The molecule has 202 valence electrons. The first-order valence-electron chi connectivity index (χ1n) is 13.0. The van der Waals surface area contributed by atoms with Crippen LogP contribution in [0.25, 0.3) is 17.1 Å². The van der Waals surface area contributed by atoms with Crippen molar-refractivity contribution in [1.29, 1.82) is 0 Å². The van der Waals surface area contributed by atoms with Gasteiger partial charge in [-0.05, 0) is 35.2 Å². The molecule has 2 saturated heterocycles. The van der Waals surface area contributed by atoms with Crippen molar-refractivity contribution in [2.75, 3.05) is 52.6 Å². The monoisotopic (exact) mass is 522 g/mol. The van der Waals surface area contributed by atoms with Gasteiger partial charge in [-0.2, -0.15) is 0 Å². The van der Waals surface area contributed by atoms with Crippen molar-refractivity contribution in [3.8, 4) is 28.6 Å². The molecular weight excluding hydrogens is 488 g/mol. The Labute approximate surface area is 221 Å². The van der Waals surface area contributed by atoms with Crippen LogP contribution in [0, 0.1) is 0 Å². The van der Waals surface area contributed by atoms with Crippen molar-refractivity contribution in [2.24, 2.45) is 0 Å². The summed E-state index contributed by atoms with van der Waals surface area (Å²) in [5.41, 5.74) is 5.76. The Hall–Kier alpha value is -3.51. The number of carbonyl (C=O) groups excluding carboxylic acids is 1. The number of ether oxygens (including phenoxy) is 2. The number of aromatic nitrogens is 3. The zero-order valence-electron chi connectivity index (χ0n) is 21.8. The molecule has 0 atom stereocenters. The van der Waals surface area contributed by atoms with E-state index >= 15 is 0 Å². The molecule has 0 spiro atoms. The van der Waals surface area contributed by atoms with Crippen molar-refractivity contribution < 1.29 is 24.5 Å². The second-order valence-corrected chi connectivity index (χ2v) is 9.86. The highest BCUT2D eigenvalue weighted by Gasteiger charge is 2.26. The molecule has 38 heavy (non-hydrogen) atoms. The lowest BCUT2D eigenvalue weighted by atomic mass is 9.98. The third-order valence-corrected chi connectivity index (χ3v) is 6.85. The molecule has 11 heteroatoms. The fourth-order valence-electron chi connectivity index (χ4n) is 4.72. The summed E-state index contributed by atoms with van der Waals surface area (Å²) in [5, 5.41) is 31.5. The topological polar surface area (TPSA) is 125 Å². The van der Waals surface area contributed by atoms with Crippen LogP contribution in [0.1, 0.15) is 41.5 Å². The number of hydrazine groups is 1. The number of aromatic hydroxyl groups is 2. The lowest BCUT2D eigenvalue weighted by Gasteiger charge is -2.27. The van der Waals surface area contributed by atoms with Gasteiger partial charge in [0, 0.05) is 44.5 Å². The van der Waals surface area contributed by atoms with Gasteiger partial charge in [-0.25, -0.2) is 5.01 Å². The highest BCUT2D eigenvalue weighted by molar-refractivity contribution is 5.92. The largest absolute Gasteiger partial charge is 0.508 e. The Morgan fingerprint density at radius 1 is 0.947 bits per heavy atom. The molecular formula is C27H34N6O5. The lowest BCUT2D eigenvalue weighted by molar-refractivity contribution is 0.0122. The van der Waals surface area contributed by atoms with Crippen LogP contribution in [0.15, 0.2) is 36.4 Å². The van der Waals surface area contributed by atoms with Gasteiger partial charge in [0.2, 0.25) is 5.82 Å². The third-order valence-electron chi connectivity index (χ3n) is 6.85. The minimum Gasteiger partial charge on any atom is -0.508 e. The molecule has 3 N–H and O–H groups in total. The predicted octanol–water partition coefficient (Wildman–Crippen LogP) is 2.28. The van der Waals surface area contributed by atoms with Gasteiger partial charge in [0.15, 0.2) is 5.82 Å². The fraction of sp³-hybridized carbons (Fsp3) is 0.444. The smallest absolute Gasteiger partial charge is 0.303 e. The molecule has 5 rings (SSSR count). The van der Waals surface area contributed by atoms with E-state index in [1.807, 2.05) is 38.1 Å². The quantitative estimate of drug-likeness (QED) is 0.429. The van der Waals surface area contributed by atoms with Crippen LogP contribution < -0.4 is 5.43 Å². The van der Waals surface area contributed by atoms with Crippen LogP contribution in [0.3, 0.4) is 0 Å². The maximum atomic E-state index is 13.4. The summed E-state index contributed by atoms with van der Waals surface area (Å²) in [6.45, 7) is 10.2. The Morgan fingerprint density at radius 2 is 1.61 bits per heavy atom. The SMILES string of the molecule is CC(C)c1cc(-c2nnc(C(=O)NN3CCOCC3)n2-c2ccc(CN3CCOCC3)cc2)c(O)cc1O. The Kier molecular flexibility index (Phi) is 7.89. The lowest BCUT2D eigenvalue weighted by Crippen LogP contribution is -2.48. The maximum absolute atomic E-state index is 13.4. The average Bonchev–Trinajstić information content (AvgIpc) is 3.35. The molecule has 3 heterocycles. The first-order chi connectivity index (χ1) is 18.4. The van der Waals surface area contributed by atoms with Gasteiger partial charge in [0.05, 0.1) is 32.0 Å². The normalized spacial score (nSPS) is 17.1. The molecule has 1 aromatic heterocycles. The molecule has 3 aromatic rings. The van der Waals surface area contributed by atoms with Gasteiger partial charge in [0.1, 0.15) is 11.5 Å². The Morgan fingerprint density at radius 3 is 2.26 bits per heavy atom. The highest BCUT2D eigenvalue weighted by atomic mass is 16.5. The average molecular weight is 523 g/mol. The number of nitrogens with one attached hydrogen (secondary N) is 1. The van der Waals surface area contributed by atoms with E-state index in [1.165, 1.54) is 6.07 Å². The number of hydrogen-bond acceptors (Lipinski definition) is 9. The molecule has 11 nitrogen and oxygen atoms in total. The number of nitrogens with zero attached hydrogens (tertiary/aromatic N) is 5. The van der Waals surface area contributed by atoms with E-state index < -0.39 is 5.91 Å². The van der Waals surface area contributed by atoms with Crippen LogP contribution in [0.2, 0.25) is 0 Å². The van der Waals surface area contributed by atoms with Gasteiger partial charge in [-0.1, -0.05) is 26.0 Å². The molecule has 1 amide bonds. The summed E-state index contributed by atoms with van der Waals surface area (Å²) < 4.78 is 12.5. The van der Waals surface area contributed by atoms with Gasteiger partial charge >= 0.3 is 5.91 Å². The Bertz CT molecular complexity index is 1260. The molecule has 2 aliphatic rings. The number of amides is 1. The van der Waals surface area contributed by atoms with E-state index in [0.717, 1.165) is 38.4 Å². The molecule has 2 aromatic carbocycles. The molecule has 0 bridgehead atoms. The summed E-state index contributed by atoms with van der Waals surface area (Å²) in [4.78, 5) is 15.7. The van der Waals surface area contributed by atoms with Crippen molar-refractivity contribution >= 4 is 5.91 Å². The molecule has 2 fully saturated rings. The van der Waals surface area contributed by atoms with Crippen LogP contribution in [-0.4, -0.2) is 93.4 Å². The minimum absolute atomic E-state index is 0.00469. The number of rotatable bonds is 7. The molecule has 0 saturated carbocycles. The summed E-state index contributed by atoms with van der Waals surface area (Å²) in [7, 11) is 0. The number of morpholine rings is 2. The number of phenolic OH excluding ortho intramolecular Hbond substituents is 2. The van der Waals surface area contributed by atoms with Gasteiger partial charge in [-0.15, -0.1) is 10.2 Å². The standard InChI is InChI=1S/C27H34N6O5/c1-18(2)21-15-22(24(35)16-23(21)34)25-28-29-26(27(36)30-32-9-13-38-14-10-32)33(25)20-5-3-19(4-6-20)17-31-7-11-37-12-8-31/h3-6,15-16,18,34-35H,7-14,17H2,1-2H3,(H,30,36). The van der Waals surface area contributed by atoms with E-state index in [1.54, 1.807) is 15.6 Å². The predicted molar refractivity (Wildman–Crippen MR) is 140 cm³/mol. The van der Waals surface area contributed by atoms with Gasteiger partial charge in [0.25, 0.3) is 0 Å². The fourth-order valence-corrected chi connectivity index (χ4v) is 4.72. The zero-order valence-corrected chi connectivity index (χ0v) is 21.8. The van der Waals surface area contributed by atoms with Crippen LogP contribution in [0.5, 0.6) is 11.5 Å². The summed E-state index contributed by atoms with van der Waals surface area (Å²) in [6.07, 6.45) is 0. The first-order valence-corrected chi connectivity index (χ1v) is 13.0. The second kappa shape index (κ2) is 11.5. The summed E-state index contributed by atoms with van der Waals surface area (Å²) in [6, 6.07) is 10.9. The number of benzene rings is 2. The van der Waals surface area contributed by atoms with E-state index in [-0.39, 0.29) is 23.2 Å². The third kappa shape index (κ3) is 5.65. The minimum atomic E-state index is -0.412. The van der Waals surface area contributed by atoms with Crippen LogP contribution >= 0.6 is 0 Å². The summed E-state index contributed by atoms with van der Waals surface area (Å²) in [5.74, 6) is -0.155. The van der Waals surface area contributed by atoms with E-state index in [2.05, 4.69) is 20.5 Å². The second-order valence-electron chi connectivity index (χ2n) is 9.86. The van der Waals surface area contributed by atoms with E-state index in [9.17, 15) is 15.0 Å². The van der Waals surface area contributed by atoms with Crippen LogP contribution in [-0.2, 0) is 16.0 Å². The molecule has 0 radical (unpaired) electrons. The molecule has 0 unspecified atom stereocenters. The van der Waals surface area contributed by atoms with Gasteiger partial charge < -0.3 is 19.7 Å². The Balaban J connectivity index is 1.52. The van der Waals surface area contributed by atoms with E-state index in [0.29, 0.717) is 48.9 Å². The van der Waals surface area contributed by atoms with Crippen molar-refractivity contribution in [3.05, 3.63) is 53.3 Å².